The Balaban J connectivity index is 1.59. The Morgan fingerprint density at radius 3 is 2.31 bits per heavy atom. The van der Waals surface area contributed by atoms with E-state index in [1.54, 1.807) is 6.92 Å². The van der Waals surface area contributed by atoms with Gasteiger partial charge in [0.25, 0.3) is 0 Å². The minimum absolute atomic E-state index is 0.0912. The maximum atomic E-state index is 13.3. The van der Waals surface area contributed by atoms with Crippen molar-refractivity contribution in [3.63, 3.8) is 0 Å². The molecule has 0 bridgehead atoms. The third-order valence-corrected chi connectivity index (χ3v) is 6.77. The topological polar surface area (TPSA) is 88.1 Å². The van der Waals surface area contributed by atoms with Gasteiger partial charge in [0.15, 0.2) is 6.10 Å². The summed E-state index contributed by atoms with van der Waals surface area (Å²) >= 11 is 0. The molecule has 1 unspecified atom stereocenters. The van der Waals surface area contributed by atoms with E-state index in [2.05, 4.69) is 24.4 Å². The maximum Gasteiger partial charge on any atom is 0.333 e. The second-order valence-corrected chi connectivity index (χ2v) is 9.78. The molecule has 7 heteroatoms. The van der Waals surface area contributed by atoms with Crippen molar-refractivity contribution in [1.29, 1.82) is 0 Å². The molecular formula is C29H40N2O5. The van der Waals surface area contributed by atoms with Crippen molar-refractivity contribution in [2.24, 2.45) is 5.92 Å². The van der Waals surface area contributed by atoms with Gasteiger partial charge in [-0.2, -0.15) is 0 Å². The lowest BCUT2D eigenvalue weighted by molar-refractivity contribution is -0.149. The van der Waals surface area contributed by atoms with Gasteiger partial charge in [-0.05, 0) is 75.3 Å². The number of anilines is 1. The summed E-state index contributed by atoms with van der Waals surface area (Å²) in [5.41, 5.74) is 5.06. The molecule has 1 aliphatic carbocycles. The van der Waals surface area contributed by atoms with Crippen LogP contribution in [0, 0.1) is 26.7 Å². The fourth-order valence-electron chi connectivity index (χ4n) is 4.97. The number of hydrogen-bond donors (Lipinski definition) is 2. The second kappa shape index (κ2) is 13.3. The van der Waals surface area contributed by atoms with E-state index in [9.17, 15) is 14.7 Å². The number of aryl methyl sites for hydroxylation is 3. The van der Waals surface area contributed by atoms with Gasteiger partial charge in [-0.1, -0.05) is 42.7 Å². The van der Waals surface area contributed by atoms with Crippen molar-refractivity contribution in [2.75, 3.05) is 31.6 Å². The third kappa shape index (κ3) is 7.98. The standard InChI is InChI=1S/C29H40N2O5/c1-5-35-26(28(32)33)18-23-10-12-25(13-11-23)36-15-14-31(19-24-8-6-7-9-24)29(34)30-27-21(3)16-20(2)17-22(27)4/h10-13,16-17,24,26H,5-9,14-15,18-19H2,1-4H3,(H,30,34)(H,32,33). The molecule has 0 aromatic heterocycles. The van der Waals surface area contributed by atoms with Gasteiger partial charge in [-0.25, -0.2) is 9.59 Å². The molecule has 196 valence electrons. The highest BCUT2D eigenvalue weighted by Crippen LogP contribution is 2.27. The lowest BCUT2D eigenvalue weighted by atomic mass is 10.1. The molecule has 0 spiro atoms. The van der Waals surface area contributed by atoms with E-state index in [1.807, 2.05) is 43.0 Å². The Labute approximate surface area is 214 Å². The monoisotopic (exact) mass is 496 g/mol. The molecule has 2 aromatic rings. The third-order valence-electron chi connectivity index (χ3n) is 6.77. The molecular weight excluding hydrogens is 456 g/mol. The van der Waals surface area contributed by atoms with Crippen LogP contribution in [0.1, 0.15) is 54.9 Å². The normalized spacial score (nSPS) is 14.4. The number of amides is 2. The summed E-state index contributed by atoms with van der Waals surface area (Å²) in [6.07, 6.45) is 4.22. The highest BCUT2D eigenvalue weighted by molar-refractivity contribution is 5.91. The van der Waals surface area contributed by atoms with Crippen LogP contribution in [0.4, 0.5) is 10.5 Å². The molecule has 3 rings (SSSR count). The average molecular weight is 497 g/mol. The molecule has 1 atom stereocenters. The highest BCUT2D eigenvalue weighted by atomic mass is 16.5. The summed E-state index contributed by atoms with van der Waals surface area (Å²) in [4.78, 5) is 26.5. The fraction of sp³-hybridized carbons (Fsp3) is 0.517. The minimum Gasteiger partial charge on any atom is -0.492 e. The molecule has 36 heavy (non-hydrogen) atoms. The number of nitrogens with zero attached hydrogens (tertiary/aromatic N) is 1. The lowest BCUT2D eigenvalue weighted by Crippen LogP contribution is -2.40. The number of aliphatic carboxylic acids is 1. The predicted molar refractivity (Wildman–Crippen MR) is 142 cm³/mol. The van der Waals surface area contributed by atoms with E-state index in [0.29, 0.717) is 37.8 Å². The second-order valence-electron chi connectivity index (χ2n) is 9.78. The van der Waals surface area contributed by atoms with E-state index in [1.165, 1.54) is 18.4 Å². The van der Waals surface area contributed by atoms with E-state index in [-0.39, 0.29) is 6.03 Å². The van der Waals surface area contributed by atoms with Crippen molar-refractivity contribution in [2.45, 2.75) is 65.9 Å². The molecule has 2 aromatic carbocycles. The number of urea groups is 1. The number of ether oxygens (including phenoxy) is 2. The van der Waals surface area contributed by atoms with Crippen molar-refractivity contribution in [3.05, 3.63) is 58.7 Å². The van der Waals surface area contributed by atoms with Crippen LogP contribution < -0.4 is 10.1 Å². The van der Waals surface area contributed by atoms with Crippen molar-refractivity contribution >= 4 is 17.7 Å². The van der Waals surface area contributed by atoms with E-state index in [4.69, 9.17) is 9.47 Å². The summed E-state index contributed by atoms with van der Waals surface area (Å²) in [5, 5.41) is 12.4. The Bertz CT molecular complexity index is 992. The molecule has 2 N–H and O–H groups in total. The van der Waals surface area contributed by atoms with Crippen LogP contribution >= 0.6 is 0 Å². The van der Waals surface area contributed by atoms with Crippen molar-refractivity contribution in [1.82, 2.24) is 4.90 Å². The SMILES string of the molecule is CCOC(Cc1ccc(OCCN(CC2CCCC2)C(=O)Nc2c(C)cc(C)cc2C)cc1)C(=O)O. The molecule has 0 radical (unpaired) electrons. The lowest BCUT2D eigenvalue weighted by Gasteiger charge is -2.27. The van der Waals surface area contributed by atoms with E-state index in [0.717, 1.165) is 41.8 Å². The first-order valence-corrected chi connectivity index (χ1v) is 13.0. The van der Waals surface area contributed by atoms with Crippen LogP contribution in [-0.2, 0) is 16.0 Å². The van der Waals surface area contributed by atoms with Crippen LogP contribution in [0.15, 0.2) is 36.4 Å². The Kier molecular flexibility index (Phi) is 10.2. The van der Waals surface area contributed by atoms with E-state index >= 15 is 0 Å². The van der Waals surface area contributed by atoms with Gasteiger partial charge in [0.1, 0.15) is 12.4 Å². The number of benzene rings is 2. The summed E-state index contributed by atoms with van der Waals surface area (Å²) < 4.78 is 11.2. The zero-order chi connectivity index (χ0) is 26.1. The number of carbonyl (C=O) groups excluding carboxylic acids is 1. The quantitative estimate of drug-likeness (QED) is 0.391. The molecule has 2 amide bonds. The Hall–Kier alpha value is -3.06. The number of carboxylic acids is 1. The molecule has 1 saturated carbocycles. The zero-order valence-corrected chi connectivity index (χ0v) is 22.0. The van der Waals surface area contributed by atoms with Gasteiger partial charge in [0.2, 0.25) is 0 Å². The molecule has 1 fully saturated rings. The number of rotatable bonds is 12. The number of carbonyl (C=O) groups is 2. The largest absolute Gasteiger partial charge is 0.492 e. The summed E-state index contributed by atoms with van der Waals surface area (Å²) in [5.74, 6) is 0.255. The average Bonchev–Trinajstić information content (AvgIpc) is 3.34. The first-order chi connectivity index (χ1) is 17.3. The molecule has 0 aliphatic heterocycles. The van der Waals surface area contributed by atoms with Gasteiger partial charge in [0.05, 0.1) is 6.54 Å². The number of carboxylic acid groups (broad SMARTS) is 1. The predicted octanol–water partition coefficient (Wildman–Crippen LogP) is 5.75. The minimum atomic E-state index is -0.964. The van der Waals surface area contributed by atoms with Gasteiger partial charge in [0, 0.05) is 25.3 Å². The number of hydrogen-bond acceptors (Lipinski definition) is 4. The molecule has 0 heterocycles. The first kappa shape index (κ1) is 27.5. The fourth-order valence-corrected chi connectivity index (χ4v) is 4.97. The van der Waals surface area contributed by atoms with Gasteiger partial charge < -0.3 is 24.8 Å². The van der Waals surface area contributed by atoms with Crippen LogP contribution in [0.25, 0.3) is 0 Å². The zero-order valence-electron chi connectivity index (χ0n) is 22.0. The Morgan fingerprint density at radius 1 is 1.08 bits per heavy atom. The van der Waals surface area contributed by atoms with Gasteiger partial charge >= 0.3 is 12.0 Å². The van der Waals surface area contributed by atoms with Crippen molar-refractivity contribution < 1.29 is 24.2 Å². The van der Waals surface area contributed by atoms with Crippen LogP contribution in [0.2, 0.25) is 0 Å². The van der Waals surface area contributed by atoms with Crippen LogP contribution in [0.5, 0.6) is 5.75 Å². The Morgan fingerprint density at radius 2 is 1.72 bits per heavy atom. The number of nitrogens with one attached hydrogen (secondary N) is 1. The summed E-state index contributed by atoms with van der Waals surface area (Å²) in [6, 6.07) is 11.5. The van der Waals surface area contributed by atoms with Gasteiger partial charge in [-0.3, -0.25) is 0 Å². The molecule has 7 nitrogen and oxygen atoms in total. The van der Waals surface area contributed by atoms with Crippen LogP contribution in [-0.4, -0.2) is 54.4 Å². The summed E-state index contributed by atoms with van der Waals surface area (Å²) in [6.45, 7) is 9.84. The molecule has 0 saturated heterocycles. The van der Waals surface area contributed by atoms with E-state index < -0.39 is 12.1 Å². The first-order valence-electron chi connectivity index (χ1n) is 13.0. The smallest absolute Gasteiger partial charge is 0.333 e. The van der Waals surface area contributed by atoms with Gasteiger partial charge in [-0.15, -0.1) is 0 Å². The highest BCUT2D eigenvalue weighted by Gasteiger charge is 2.23. The molecule has 1 aliphatic rings. The van der Waals surface area contributed by atoms with Crippen molar-refractivity contribution in [3.8, 4) is 5.75 Å². The van der Waals surface area contributed by atoms with Crippen LogP contribution in [0.3, 0.4) is 0 Å². The summed E-state index contributed by atoms with van der Waals surface area (Å²) in [7, 11) is 0. The maximum absolute atomic E-state index is 13.3.